The minimum atomic E-state index is 0.755. The summed E-state index contributed by atoms with van der Waals surface area (Å²) in [5.74, 6) is 0.755. The molecule has 0 aliphatic carbocycles. The lowest BCUT2D eigenvalue weighted by molar-refractivity contribution is 0.416. The fraction of sp³-hybridized carbons (Fsp3) is 0.182. The molecule has 1 aromatic rings. The maximum absolute atomic E-state index is 5.16. The van der Waals surface area contributed by atoms with Gasteiger partial charge < -0.3 is 4.74 Å². The Morgan fingerprint density at radius 3 is 2.77 bits per heavy atom. The minimum Gasteiger partial charge on any atom is -0.494 e. The summed E-state index contributed by atoms with van der Waals surface area (Å²) in [6, 6.07) is 5.78. The van der Waals surface area contributed by atoms with Gasteiger partial charge in [-0.15, -0.1) is 0 Å². The average Bonchev–Trinajstić information content (AvgIpc) is 2.18. The highest BCUT2D eigenvalue weighted by molar-refractivity contribution is 5.71. The Bertz CT molecular complexity index is 329. The smallest absolute Gasteiger partial charge is 0.145 e. The van der Waals surface area contributed by atoms with E-state index in [9.17, 15) is 0 Å². The van der Waals surface area contributed by atoms with Crippen LogP contribution in [0.15, 0.2) is 29.3 Å². The molecule has 0 aromatic heterocycles. The highest BCUT2D eigenvalue weighted by Crippen LogP contribution is 2.31. The van der Waals surface area contributed by atoms with Crippen molar-refractivity contribution in [3.05, 3.63) is 29.8 Å². The molecule has 2 heteroatoms. The Labute approximate surface area is 78.6 Å². The second-order valence-corrected chi connectivity index (χ2v) is 2.56. The summed E-state index contributed by atoms with van der Waals surface area (Å²) in [6.45, 7) is 5.48. The van der Waals surface area contributed by atoms with Gasteiger partial charge in [0.15, 0.2) is 0 Å². The Balaban J connectivity index is 3.26. The first-order valence-corrected chi connectivity index (χ1v) is 4.10. The molecule has 13 heavy (non-hydrogen) atoms. The first kappa shape index (κ1) is 9.52. The zero-order valence-corrected chi connectivity index (χ0v) is 7.95. The van der Waals surface area contributed by atoms with Gasteiger partial charge in [-0.2, -0.15) is 0 Å². The lowest BCUT2D eigenvalue weighted by atomic mass is 10.1. The van der Waals surface area contributed by atoms with Gasteiger partial charge in [0, 0.05) is 5.56 Å². The SMILES string of the molecule is C=Nc1c(/C=C\C)cccc1OC. The first-order chi connectivity index (χ1) is 6.33. The van der Waals surface area contributed by atoms with Crippen LogP contribution in [0, 0.1) is 0 Å². The van der Waals surface area contributed by atoms with Crippen LogP contribution in [0.5, 0.6) is 5.75 Å². The molecule has 0 N–H and O–H groups in total. The fourth-order valence-electron chi connectivity index (χ4n) is 1.19. The molecule has 0 amide bonds. The van der Waals surface area contributed by atoms with Gasteiger partial charge in [-0.3, -0.25) is 4.99 Å². The van der Waals surface area contributed by atoms with E-state index in [0.29, 0.717) is 0 Å². The standard InChI is InChI=1S/C11H13NO/c1-4-6-9-7-5-8-10(13-3)11(9)12-2/h4-8H,2H2,1,3H3/b6-4-. The van der Waals surface area contributed by atoms with Crippen LogP contribution in [0.1, 0.15) is 12.5 Å². The summed E-state index contributed by atoms with van der Waals surface area (Å²) in [5, 5.41) is 0. The van der Waals surface area contributed by atoms with Crippen molar-refractivity contribution in [1.29, 1.82) is 0 Å². The Kier molecular flexibility index (Phi) is 3.26. The molecule has 2 nitrogen and oxygen atoms in total. The Morgan fingerprint density at radius 1 is 1.46 bits per heavy atom. The predicted octanol–water partition coefficient (Wildman–Crippen LogP) is 3.06. The van der Waals surface area contributed by atoms with Crippen LogP contribution in [0.3, 0.4) is 0 Å². The number of allylic oxidation sites excluding steroid dienone is 1. The quantitative estimate of drug-likeness (QED) is 0.647. The van der Waals surface area contributed by atoms with E-state index in [1.807, 2.05) is 37.3 Å². The van der Waals surface area contributed by atoms with Crippen LogP contribution in [0.25, 0.3) is 6.08 Å². The molecule has 0 atom stereocenters. The van der Waals surface area contributed by atoms with E-state index in [2.05, 4.69) is 11.7 Å². The molecule has 0 aliphatic heterocycles. The molecule has 0 fully saturated rings. The molecule has 68 valence electrons. The molecular formula is C11H13NO. The van der Waals surface area contributed by atoms with Crippen molar-refractivity contribution in [3.8, 4) is 5.75 Å². The number of para-hydroxylation sites is 1. The maximum Gasteiger partial charge on any atom is 0.145 e. The summed E-state index contributed by atoms with van der Waals surface area (Å²) in [7, 11) is 1.63. The van der Waals surface area contributed by atoms with E-state index < -0.39 is 0 Å². The molecular weight excluding hydrogens is 162 g/mol. The van der Waals surface area contributed by atoms with Crippen LogP contribution in [0.2, 0.25) is 0 Å². The zero-order chi connectivity index (χ0) is 9.68. The normalized spacial score (nSPS) is 10.3. The Hall–Kier alpha value is -1.57. The monoisotopic (exact) mass is 175 g/mol. The molecule has 0 unspecified atom stereocenters. The number of benzene rings is 1. The van der Waals surface area contributed by atoms with E-state index in [4.69, 9.17) is 4.74 Å². The molecule has 0 aliphatic rings. The van der Waals surface area contributed by atoms with Crippen molar-refractivity contribution in [2.24, 2.45) is 4.99 Å². The lowest BCUT2D eigenvalue weighted by Gasteiger charge is -2.06. The van der Waals surface area contributed by atoms with Crippen molar-refractivity contribution < 1.29 is 4.74 Å². The average molecular weight is 175 g/mol. The fourth-order valence-corrected chi connectivity index (χ4v) is 1.19. The number of hydrogen-bond donors (Lipinski definition) is 0. The number of nitrogens with zero attached hydrogens (tertiary/aromatic N) is 1. The van der Waals surface area contributed by atoms with Gasteiger partial charge in [0.2, 0.25) is 0 Å². The molecule has 1 aromatic carbocycles. The summed E-state index contributed by atoms with van der Waals surface area (Å²) in [6.07, 6.45) is 3.94. The number of hydrogen-bond acceptors (Lipinski definition) is 2. The van der Waals surface area contributed by atoms with E-state index >= 15 is 0 Å². The minimum absolute atomic E-state index is 0.755. The molecule has 0 bridgehead atoms. The highest BCUT2D eigenvalue weighted by atomic mass is 16.5. The third kappa shape index (κ3) is 1.96. The van der Waals surface area contributed by atoms with E-state index in [1.165, 1.54) is 0 Å². The molecule has 0 heterocycles. The number of rotatable bonds is 3. The second-order valence-electron chi connectivity index (χ2n) is 2.56. The van der Waals surface area contributed by atoms with Crippen LogP contribution in [-0.4, -0.2) is 13.8 Å². The Morgan fingerprint density at radius 2 is 2.23 bits per heavy atom. The predicted molar refractivity (Wildman–Crippen MR) is 56.9 cm³/mol. The third-order valence-corrected chi connectivity index (χ3v) is 1.75. The third-order valence-electron chi connectivity index (χ3n) is 1.75. The summed E-state index contributed by atoms with van der Waals surface area (Å²) in [5.41, 5.74) is 1.82. The summed E-state index contributed by atoms with van der Waals surface area (Å²) >= 11 is 0. The van der Waals surface area contributed by atoms with Crippen molar-refractivity contribution >= 4 is 18.5 Å². The highest BCUT2D eigenvalue weighted by Gasteiger charge is 2.03. The van der Waals surface area contributed by atoms with Gasteiger partial charge in [0.25, 0.3) is 0 Å². The largest absolute Gasteiger partial charge is 0.494 e. The summed E-state index contributed by atoms with van der Waals surface area (Å²) < 4.78 is 5.16. The molecule has 0 spiro atoms. The molecule has 1 rings (SSSR count). The van der Waals surface area contributed by atoms with Crippen LogP contribution >= 0.6 is 0 Å². The topological polar surface area (TPSA) is 21.6 Å². The number of aliphatic imine (C=N–C) groups is 1. The van der Waals surface area contributed by atoms with Crippen molar-refractivity contribution in [3.63, 3.8) is 0 Å². The van der Waals surface area contributed by atoms with E-state index in [1.54, 1.807) is 7.11 Å². The number of methoxy groups -OCH3 is 1. The van der Waals surface area contributed by atoms with Crippen LogP contribution in [0.4, 0.5) is 5.69 Å². The number of ether oxygens (including phenoxy) is 1. The van der Waals surface area contributed by atoms with Gasteiger partial charge in [-0.1, -0.05) is 24.3 Å². The first-order valence-electron chi connectivity index (χ1n) is 4.10. The van der Waals surface area contributed by atoms with Gasteiger partial charge in [-0.05, 0) is 19.7 Å². The van der Waals surface area contributed by atoms with Crippen molar-refractivity contribution in [2.45, 2.75) is 6.92 Å². The lowest BCUT2D eigenvalue weighted by Crippen LogP contribution is -1.84. The molecule has 0 radical (unpaired) electrons. The van der Waals surface area contributed by atoms with Crippen LogP contribution in [-0.2, 0) is 0 Å². The van der Waals surface area contributed by atoms with Crippen LogP contribution < -0.4 is 4.74 Å². The molecule has 0 saturated carbocycles. The maximum atomic E-state index is 5.16. The van der Waals surface area contributed by atoms with Gasteiger partial charge in [0.1, 0.15) is 11.4 Å². The molecule has 0 saturated heterocycles. The van der Waals surface area contributed by atoms with Gasteiger partial charge >= 0.3 is 0 Å². The van der Waals surface area contributed by atoms with Gasteiger partial charge in [-0.25, -0.2) is 0 Å². The second kappa shape index (κ2) is 4.45. The van der Waals surface area contributed by atoms with Crippen molar-refractivity contribution in [1.82, 2.24) is 0 Å². The van der Waals surface area contributed by atoms with E-state index in [0.717, 1.165) is 17.0 Å². The van der Waals surface area contributed by atoms with Crippen molar-refractivity contribution in [2.75, 3.05) is 7.11 Å². The summed E-state index contributed by atoms with van der Waals surface area (Å²) in [4.78, 5) is 3.93. The zero-order valence-electron chi connectivity index (χ0n) is 7.95. The van der Waals surface area contributed by atoms with E-state index in [-0.39, 0.29) is 0 Å². The van der Waals surface area contributed by atoms with Gasteiger partial charge in [0.05, 0.1) is 7.11 Å².